The van der Waals surface area contributed by atoms with Crippen molar-refractivity contribution in [3.8, 4) is 0 Å². The molecular weight excluding hydrogens is 379 g/mol. The quantitative estimate of drug-likeness (QED) is 0.722. The number of aromatic amines is 1. The highest BCUT2D eigenvalue weighted by molar-refractivity contribution is 5.85. The van der Waals surface area contributed by atoms with Crippen LogP contribution in [0.4, 0.5) is 10.1 Å². The number of amides is 1. The number of nitrogens with one attached hydrogen (secondary N) is 1. The van der Waals surface area contributed by atoms with Crippen molar-refractivity contribution in [1.82, 2.24) is 14.8 Å². The smallest absolute Gasteiger partial charge is 0.224 e. The third kappa shape index (κ3) is 3.79. The lowest BCUT2D eigenvalue weighted by Gasteiger charge is -2.36. The SMILES string of the molecule is O=C(CCN1CCN(c2ccc(F)cc2)CC1)N1CCc2c([nH]c3ccccc23)C1. The summed E-state index contributed by atoms with van der Waals surface area (Å²) in [5.74, 6) is 0.0356. The molecule has 30 heavy (non-hydrogen) atoms. The minimum absolute atomic E-state index is 0.201. The van der Waals surface area contributed by atoms with Crippen molar-refractivity contribution in [3.63, 3.8) is 0 Å². The summed E-state index contributed by atoms with van der Waals surface area (Å²) in [6.07, 6.45) is 1.48. The Bertz CT molecular complexity index is 1040. The number of halogens is 1. The molecule has 3 heterocycles. The zero-order chi connectivity index (χ0) is 20.5. The lowest BCUT2D eigenvalue weighted by molar-refractivity contribution is -0.132. The number of benzene rings is 2. The number of fused-ring (bicyclic) bond motifs is 3. The molecule has 5 rings (SSSR count). The van der Waals surface area contributed by atoms with Crippen molar-refractivity contribution in [2.24, 2.45) is 0 Å². The van der Waals surface area contributed by atoms with Gasteiger partial charge >= 0.3 is 0 Å². The number of nitrogens with zero attached hydrogens (tertiary/aromatic N) is 3. The summed E-state index contributed by atoms with van der Waals surface area (Å²) >= 11 is 0. The highest BCUT2D eigenvalue weighted by Gasteiger charge is 2.24. The molecule has 1 fully saturated rings. The van der Waals surface area contributed by atoms with E-state index >= 15 is 0 Å². The number of hydrogen-bond acceptors (Lipinski definition) is 3. The predicted molar refractivity (Wildman–Crippen MR) is 117 cm³/mol. The van der Waals surface area contributed by atoms with Crippen LogP contribution in [0.5, 0.6) is 0 Å². The van der Waals surface area contributed by atoms with Crippen LogP contribution in [-0.4, -0.2) is 60.0 Å². The van der Waals surface area contributed by atoms with Gasteiger partial charge in [-0.25, -0.2) is 4.39 Å². The first-order valence-corrected chi connectivity index (χ1v) is 10.8. The van der Waals surface area contributed by atoms with Crippen molar-refractivity contribution in [2.75, 3.05) is 44.2 Å². The maximum absolute atomic E-state index is 13.1. The van der Waals surface area contributed by atoms with Crippen LogP contribution in [0.25, 0.3) is 10.9 Å². The first-order valence-electron chi connectivity index (χ1n) is 10.8. The summed E-state index contributed by atoms with van der Waals surface area (Å²) < 4.78 is 13.1. The van der Waals surface area contributed by atoms with Crippen LogP contribution in [0.2, 0.25) is 0 Å². The van der Waals surface area contributed by atoms with Crippen molar-refractivity contribution >= 4 is 22.5 Å². The number of anilines is 1. The monoisotopic (exact) mass is 406 g/mol. The average Bonchev–Trinajstić information content (AvgIpc) is 3.16. The van der Waals surface area contributed by atoms with Gasteiger partial charge in [-0.2, -0.15) is 0 Å². The fraction of sp³-hybridized carbons (Fsp3) is 0.375. The summed E-state index contributed by atoms with van der Waals surface area (Å²) in [4.78, 5) is 22.9. The van der Waals surface area contributed by atoms with Crippen LogP contribution >= 0.6 is 0 Å². The Morgan fingerprint density at radius 2 is 1.73 bits per heavy atom. The second-order valence-electron chi connectivity index (χ2n) is 8.25. The van der Waals surface area contributed by atoms with Gasteiger partial charge in [0.25, 0.3) is 0 Å². The molecule has 3 aromatic rings. The Morgan fingerprint density at radius 3 is 2.53 bits per heavy atom. The van der Waals surface area contributed by atoms with E-state index in [4.69, 9.17) is 0 Å². The van der Waals surface area contributed by atoms with E-state index in [-0.39, 0.29) is 11.7 Å². The van der Waals surface area contributed by atoms with E-state index in [9.17, 15) is 9.18 Å². The van der Waals surface area contributed by atoms with E-state index in [0.29, 0.717) is 13.0 Å². The molecule has 1 aromatic heterocycles. The lowest BCUT2D eigenvalue weighted by atomic mass is 10.0. The minimum Gasteiger partial charge on any atom is -0.369 e. The van der Waals surface area contributed by atoms with Gasteiger partial charge in [0.1, 0.15) is 5.82 Å². The maximum Gasteiger partial charge on any atom is 0.224 e. The largest absolute Gasteiger partial charge is 0.369 e. The Morgan fingerprint density at radius 1 is 0.967 bits per heavy atom. The maximum atomic E-state index is 13.1. The van der Waals surface area contributed by atoms with E-state index < -0.39 is 0 Å². The molecule has 2 aromatic carbocycles. The fourth-order valence-electron chi connectivity index (χ4n) is 4.70. The molecule has 6 heteroatoms. The summed E-state index contributed by atoms with van der Waals surface area (Å²) in [7, 11) is 0. The van der Waals surface area contributed by atoms with Gasteiger partial charge in [0.2, 0.25) is 5.91 Å². The number of rotatable bonds is 4. The van der Waals surface area contributed by atoms with Gasteiger partial charge < -0.3 is 14.8 Å². The molecule has 0 spiro atoms. The van der Waals surface area contributed by atoms with E-state index in [1.54, 1.807) is 0 Å². The average molecular weight is 407 g/mol. The van der Waals surface area contributed by atoms with Gasteiger partial charge in [0, 0.05) is 68.0 Å². The van der Waals surface area contributed by atoms with Gasteiger partial charge in [0.15, 0.2) is 0 Å². The molecule has 0 radical (unpaired) electrons. The second kappa shape index (κ2) is 8.11. The standard InChI is InChI=1S/C24H27FN4O/c25-18-5-7-19(8-6-18)28-15-13-27(14-16-28)11-10-24(30)29-12-9-21-20-3-1-2-4-22(20)26-23(21)17-29/h1-8,26H,9-17H2. The number of H-pyrrole nitrogens is 1. The molecule has 1 saturated heterocycles. The molecule has 2 aliphatic heterocycles. The number of hydrogen-bond donors (Lipinski definition) is 1. The van der Waals surface area contributed by atoms with Crippen molar-refractivity contribution in [1.29, 1.82) is 0 Å². The predicted octanol–water partition coefficient (Wildman–Crippen LogP) is 3.40. The third-order valence-electron chi connectivity index (χ3n) is 6.44. The van der Waals surface area contributed by atoms with Gasteiger partial charge in [-0.15, -0.1) is 0 Å². The number of carbonyl (C=O) groups is 1. The van der Waals surface area contributed by atoms with Crippen LogP contribution in [0, 0.1) is 5.82 Å². The normalized spacial score (nSPS) is 17.4. The van der Waals surface area contributed by atoms with Crippen LogP contribution in [-0.2, 0) is 17.8 Å². The van der Waals surface area contributed by atoms with E-state index in [2.05, 4.69) is 33.0 Å². The van der Waals surface area contributed by atoms with Crippen molar-refractivity contribution in [2.45, 2.75) is 19.4 Å². The Kier molecular flexibility index (Phi) is 5.17. The molecule has 0 bridgehead atoms. The highest BCUT2D eigenvalue weighted by atomic mass is 19.1. The van der Waals surface area contributed by atoms with Crippen molar-refractivity contribution < 1.29 is 9.18 Å². The van der Waals surface area contributed by atoms with Crippen molar-refractivity contribution in [3.05, 3.63) is 65.6 Å². The van der Waals surface area contributed by atoms with E-state index in [0.717, 1.165) is 56.9 Å². The third-order valence-corrected chi connectivity index (χ3v) is 6.44. The molecule has 0 saturated carbocycles. The zero-order valence-electron chi connectivity index (χ0n) is 17.1. The lowest BCUT2D eigenvalue weighted by Crippen LogP contribution is -2.47. The van der Waals surface area contributed by atoms with Gasteiger partial charge in [-0.3, -0.25) is 9.69 Å². The minimum atomic E-state index is -0.201. The fourth-order valence-corrected chi connectivity index (χ4v) is 4.70. The highest BCUT2D eigenvalue weighted by Crippen LogP contribution is 2.27. The van der Waals surface area contributed by atoms with Gasteiger partial charge in [-0.05, 0) is 42.3 Å². The Balaban J connectivity index is 1.12. The topological polar surface area (TPSA) is 42.6 Å². The summed E-state index contributed by atoms with van der Waals surface area (Å²) in [6, 6.07) is 15.1. The molecule has 156 valence electrons. The van der Waals surface area contributed by atoms with Crippen LogP contribution < -0.4 is 4.90 Å². The second-order valence-corrected chi connectivity index (χ2v) is 8.25. The molecule has 1 amide bonds. The summed E-state index contributed by atoms with van der Waals surface area (Å²) in [5.41, 5.74) is 4.78. The Labute approximate surface area is 176 Å². The molecule has 2 aliphatic rings. The van der Waals surface area contributed by atoms with Gasteiger partial charge in [-0.1, -0.05) is 18.2 Å². The number of piperazine rings is 1. The molecular formula is C24H27FN4O. The first kappa shape index (κ1) is 19.1. The number of para-hydroxylation sites is 1. The van der Waals surface area contributed by atoms with Crippen LogP contribution in [0.3, 0.4) is 0 Å². The van der Waals surface area contributed by atoms with Crippen LogP contribution in [0.1, 0.15) is 17.7 Å². The molecule has 1 N–H and O–H groups in total. The number of aromatic nitrogens is 1. The van der Waals surface area contributed by atoms with E-state index in [1.807, 2.05) is 23.1 Å². The summed E-state index contributed by atoms with van der Waals surface area (Å²) in [5, 5.41) is 1.29. The summed E-state index contributed by atoms with van der Waals surface area (Å²) in [6.45, 7) is 5.94. The van der Waals surface area contributed by atoms with Gasteiger partial charge in [0.05, 0.1) is 6.54 Å². The number of carbonyl (C=O) groups excluding carboxylic acids is 1. The molecule has 0 aliphatic carbocycles. The molecule has 5 nitrogen and oxygen atoms in total. The Hall–Kier alpha value is -2.86. The molecule has 0 unspecified atom stereocenters. The first-order chi connectivity index (χ1) is 14.7. The van der Waals surface area contributed by atoms with Crippen LogP contribution in [0.15, 0.2) is 48.5 Å². The molecule has 0 atom stereocenters. The zero-order valence-corrected chi connectivity index (χ0v) is 17.1. The van der Waals surface area contributed by atoms with E-state index in [1.165, 1.54) is 28.8 Å².